The number of para-hydroxylation sites is 1. The Kier molecular flexibility index (Phi) is 2.86. The lowest BCUT2D eigenvalue weighted by Crippen LogP contribution is -1.92. The summed E-state index contributed by atoms with van der Waals surface area (Å²) in [6.07, 6.45) is 3.84. The molecule has 0 aliphatic heterocycles. The van der Waals surface area contributed by atoms with Gasteiger partial charge in [0, 0.05) is 28.6 Å². The highest BCUT2D eigenvalue weighted by molar-refractivity contribution is 6.17. The fourth-order valence-corrected chi connectivity index (χ4v) is 3.60. The van der Waals surface area contributed by atoms with Crippen molar-refractivity contribution in [1.82, 2.24) is 9.38 Å². The van der Waals surface area contributed by atoms with Crippen LogP contribution in [0.1, 0.15) is 0 Å². The van der Waals surface area contributed by atoms with E-state index >= 15 is 0 Å². The lowest BCUT2D eigenvalue weighted by atomic mass is 9.95. The van der Waals surface area contributed by atoms with Crippen LogP contribution in [0.5, 0.6) is 0 Å². The fraction of sp³-hybridized carbons (Fsp3) is 0. The third-order valence-electron chi connectivity index (χ3n) is 4.67. The normalized spacial score (nSPS) is 11.2. The van der Waals surface area contributed by atoms with Crippen LogP contribution in [-0.4, -0.2) is 9.38 Å². The maximum absolute atomic E-state index is 7.30. The van der Waals surface area contributed by atoms with Gasteiger partial charge in [-0.05, 0) is 23.3 Å². The molecule has 0 unspecified atom stereocenters. The van der Waals surface area contributed by atoms with Crippen LogP contribution in [-0.2, 0) is 0 Å². The Hall–Kier alpha value is -3.64. The van der Waals surface area contributed by atoms with Gasteiger partial charge in [-0.3, -0.25) is 4.40 Å². The summed E-state index contributed by atoms with van der Waals surface area (Å²) in [6.45, 7) is 7.30. The molecule has 0 atom stereocenters. The molecular formula is C22H13N3. The average molecular weight is 319 g/mol. The molecule has 25 heavy (non-hydrogen) atoms. The lowest BCUT2D eigenvalue weighted by Gasteiger charge is -2.13. The Morgan fingerprint density at radius 3 is 2.64 bits per heavy atom. The summed E-state index contributed by atoms with van der Waals surface area (Å²) >= 11 is 0. The van der Waals surface area contributed by atoms with Crippen LogP contribution in [0, 0.1) is 6.57 Å². The lowest BCUT2D eigenvalue weighted by molar-refractivity contribution is 1.27. The molecule has 0 aliphatic rings. The van der Waals surface area contributed by atoms with E-state index in [0.29, 0.717) is 5.69 Å². The predicted octanol–water partition coefficient (Wildman–Crippen LogP) is 5.86. The van der Waals surface area contributed by atoms with Crippen molar-refractivity contribution in [3.8, 4) is 11.1 Å². The van der Waals surface area contributed by atoms with Crippen molar-refractivity contribution >= 4 is 33.0 Å². The highest BCUT2D eigenvalue weighted by atomic mass is 15.0. The van der Waals surface area contributed by atoms with Crippen LogP contribution in [0.2, 0.25) is 0 Å². The van der Waals surface area contributed by atoms with Crippen LogP contribution in [0.3, 0.4) is 0 Å². The molecule has 3 nitrogen and oxygen atoms in total. The second-order valence-electron chi connectivity index (χ2n) is 6.03. The zero-order valence-corrected chi connectivity index (χ0v) is 13.3. The minimum absolute atomic E-state index is 0.653. The fourth-order valence-electron chi connectivity index (χ4n) is 3.60. The van der Waals surface area contributed by atoms with Gasteiger partial charge in [-0.1, -0.05) is 54.6 Å². The minimum atomic E-state index is 0.653. The van der Waals surface area contributed by atoms with E-state index in [0.717, 1.165) is 27.7 Å². The molecule has 5 aromatic rings. The van der Waals surface area contributed by atoms with Gasteiger partial charge in [0.1, 0.15) is 5.65 Å². The minimum Gasteiger partial charge on any atom is -0.299 e. The van der Waals surface area contributed by atoms with Crippen molar-refractivity contribution in [2.75, 3.05) is 0 Å². The topological polar surface area (TPSA) is 21.7 Å². The number of fused-ring (bicyclic) bond motifs is 6. The van der Waals surface area contributed by atoms with Gasteiger partial charge >= 0.3 is 0 Å². The van der Waals surface area contributed by atoms with Crippen molar-refractivity contribution < 1.29 is 0 Å². The third kappa shape index (κ3) is 1.95. The number of hydrogen-bond acceptors (Lipinski definition) is 1. The van der Waals surface area contributed by atoms with E-state index in [1.54, 1.807) is 0 Å². The van der Waals surface area contributed by atoms with Crippen molar-refractivity contribution in [3.63, 3.8) is 0 Å². The van der Waals surface area contributed by atoms with Gasteiger partial charge in [0.2, 0.25) is 0 Å². The maximum Gasteiger partial charge on any atom is 0.187 e. The smallest absolute Gasteiger partial charge is 0.187 e. The van der Waals surface area contributed by atoms with E-state index in [-0.39, 0.29) is 0 Å². The number of rotatable bonds is 1. The van der Waals surface area contributed by atoms with Crippen LogP contribution >= 0.6 is 0 Å². The molecular weight excluding hydrogens is 306 g/mol. The quantitative estimate of drug-likeness (QED) is 0.280. The molecule has 0 saturated carbocycles. The van der Waals surface area contributed by atoms with Gasteiger partial charge < -0.3 is 0 Å². The van der Waals surface area contributed by atoms with Crippen LogP contribution in [0.25, 0.3) is 43.3 Å². The molecule has 0 N–H and O–H groups in total. The first-order chi connectivity index (χ1) is 12.4. The summed E-state index contributed by atoms with van der Waals surface area (Å²) in [5.74, 6) is 0. The summed E-state index contributed by atoms with van der Waals surface area (Å²) in [5, 5.41) is 3.49. The SMILES string of the molecule is [C-]#[N+]c1cccc(-c2cccc3c2c2ccccc2n2ccnc32)c1. The summed E-state index contributed by atoms with van der Waals surface area (Å²) in [4.78, 5) is 8.15. The number of benzene rings is 3. The molecule has 0 radical (unpaired) electrons. The highest BCUT2D eigenvalue weighted by Crippen LogP contribution is 2.37. The van der Waals surface area contributed by atoms with Crippen molar-refractivity contribution in [2.45, 2.75) is 0 Å². The standard InChI is InChI=1S/C22H13N3/c1-23-16-7-4-6-15(14-16)17-9-5-10-19-21(17)18-8-2-3-11-20(18)25-13-12-24-22(19)25/h2-14H. The van der Waals surface area contributed by atoms with E-state index in [1.165, 1.54) is 10.8 Å². The molecule has 3 heteroatoms. The van der Waals surface area contributed by atoms with E-state index in [1.807, 2.05) is 30.6 Å². The number of imidazole rings is 1. The van der Waals surface area contributed by atoms with Crippen molar-refractivity contribution in [3.05, 3.63) is 90.5 Å². The van der Waals surface area contributed by atoms with Gasteiger partial charge in [-0.2, -0.15) is 0 Å². The van der Waals surface area contributed by atoms with Gasteiger partial charge in [0.05, 0.1) is 12.1 Å². The molecule has 0 bridgehead atoms. The highest BCUT2D eigenvalue weighted by Gasteiger charge is 2.13. The third-order valence-corrected chi connectivity index (χ3v) is 4.67. The van der Waals surface area contributed by atoms with Crippen LogP contribution in [0.4, 0.5) is 5.69 Å². The Morgan fingerprint density at radius 2 is 1.72 bits per heavy atom. The van der Waals surface area contributed by atoms with Crippen LogP contribution < -0.4 is 0 Å². The molecule has 3 aromatic carbocycles. The number of pyridine rings is 1. The Labute approximate surface area is 144 Å². The van der Waals surface area contributed by atoms with Gasteiger partial charge in [0.15, 0.2) is 5.69 Å². The summed E-state index contributed by atoms with van der Waals surface area (Å²) in [5.41, 5.74) is 4.93. The summed E-state index contributed by atoms with van der Waals surface area (Å²) < 4.78 is 2.14. The van der Waals surface area contributed by atoms with Gasteiger partial charge in [0.25, 0.3) is 0 Å². The molecule has 0 amide bonds. The van der Waals surface area contributed by atoms with Gasteiger partial charge in [-0.25, -0.2) is 9.83 Å². The first kappa shape index (κ1) is 13.8. The first-order valence-electron chi connectivity index (χ1n) is 8.11. The number of hydrogen-bond donors (Lipinski definition) is 0. The molecule has 2 heterocycles. The molecule has 0 aliphatic carbocycles. The second kappa shape index (κ2) is 5.19. The first-order valence-corrected chi connectivity index (χ1v) is 8.11. The zero-order valence-electron chi connectivity index (χ0n) is 13.3. The maximum atomic E-state index is 7.30. The van der Waals surface area contributed by atoms with E-state index in [9.17, 15) is 0 Å². The van der Waals surface area contributed by atoms with Crippen molar-refractivity contribution in [2.24, 2.45) is 0 Å². The Bertz CT molecular complexity index is 1310. The summed E-state index contributed by atoms with van der Waals surface area (Å²) in [6, 6.07) is 22.5. The molecule has 0 saturated heterocycles. The molecule has 0 fully saturated rings. The van der Waals surface area contributed by atoms with E-state index < -0.39 is 0 Å². The van der Waals surface area contributed by atoms with Crippen LogP contribution in [0.15, 0.2) is 79.1 Å². The molecule has 0 spiro atoms. The Morgan fingerprint density at radius 1 is 0.880 bits per heavy atom. The van der Waals surface area contributed by atoms with E-state index in [4.69, 9.17) is 6.57 Å². The zero-order chi connectivity index (χ0) is 16.8. The van der Waals surface area contributed by atoms with E-state index in [2.05, 4.69) is 62.8 Å². The second-order valence-corrected chi connectivity index (χ2v) is 6.03. The largest absolute Gasteiger partial charge is 0.299 e. The predicted molar refractivity (Wildman–Crippen MR) is 102 cm³/mol. The number of aromatic nitrogens is 2. The summed E-state index contributed by atoms with van der Waals surface area (Å²) in [7, 11) is 0. The number of nitrogens with zero attached hydrogens (tertiary/aromatic N) is 3. The van der Waals surface area contributed by atoms with Gasteiger partial charge in [-0.15, -0.1) is 0 Å². The molecule has 2 aromatic heterocycles. The Balaban J connectivity index is 2.02. The average Bonchev–Trinajstić information content (AvgIpc) is 3.18. The molecule has 116 valence electrons. The molecule has 5 rings (SSSR count). The monoisotopic (exact) mass is 319 g/mol. The van der Waals surface area contributed by atoms with Crippen molar-refractivity contribution in [1.29, 1.82) is 0 Å².